The molecule has 1 aliphatic carbocycles. The van der Waals surface area contributed by atoms with Crippen LogP contribution in [0.3, 0.4) is 0 Å². The van der Waals surface area contributed by atoms with Gasteiger partial charge < -0.3 is 15.1 Å². The van der Waals surface area contributed by atoms with Crippen molar-refractivity contribution in [1.29, 1.82) is 0 Å². The minimum absolute atomic E-state index is 0.152. The average molecular weight is 458 g/mol. The molecule has 0 unspecified atom stereocenters. The highest BCUT2D eigenvalue weighted by atomic mass is 16.2. The third kappa shape index (κ3) is 4.02. The van der Waals surface area contributed by atoms with E-state index in [2.05, 4.69) is 32.5 Å². The van der Waals surface area contributed by atoms with E-state index in [4.69, 9.17) is 9.97 Å². The van der Waals surface area contributed by atoms with E-state index in [0.29, 0.717) is 5.95 Å². The molecule has 0 bridgehead atoms. The molecule has 1 atom stereocenters. The number of rotatable bonds is 5. The Labute approximate surface area is 199 Å². The van der Waals surface area contributed by atoms with Crippen LogP contribution in [-0.4, -0.2) is 56.6 Å². The number of amides is 1. The minimum Gasteiger partial charge on any atom is -0.341 e. The molecular formula is C26H31N7O. The molecule has 3 aliphatic rings. The van der Waals surface area contributed by atoms with Crippen LogP contribution in [0.4, 0.5) is 17.6 Å². The molecule has 8 heteroatoms. The molecule has 1 aromatic carbocycles. The van der Waals surface area contributed by atoms with Crippen LogP contribution < -0.4 is 10.2 Å². The van der Waals surface area contributed by atoms with Gasteiger partial charge in [0.1, 0.15) is 11.9 Å². The minimum atomic E-state index is -0.152. The van der Waals surface area contributed by atoms with E-state index in [1.54, 1.807) is 0 Å². The number of hydrogen-bond donors (Lipinski definition) is 2. The predicted octanol–water partition coefficient (Wildman–Crippen LogP) is 4.08. The first-order chi connectivity index (χ1) is 16.8. The van der Waals surface area contributed by atoms with Crippen molar-refractivity contribution in [2.24, 2.45) is 0 Å². The fourth-order valence-electron chi connectivity index (χ4n) is 5.51. The summed E-state index contributed by atoms with van der Waals surface area (Å²) < 4.78 is 0. The van der Waals surface area contributed by atoms with Gasteiger partial charge in [0.2, 0.25) is 11.9 Å². The number of likely N-dealkylation sites (tertiary alicyclic amines) is 1. The molecule has 6 rings (SSSR count). The normalized spacial score (nSPS) is 19.9. The van der Waals surface area contributed by atoms with E-state index in [1.807, 2.05) is 29.2 Å². The maximum absolute atomic E-state index is 13.3. The van der Waals surface area contributed by atoms with Crippen molar-refractivity contribution in [2.45, 2.75) is 57.4 Å². The van der Waals surface area contributed by atoms with Gasteiger partial charge in [-0.2, -0.15) is 10.1 Å². The molecule has 8 nitrogen and oxygen atoms in total. The summed E-state index contributed by atoms with van der Waals surface area (Å²) in [6.45, 7) is 2.58. The van der Waals surface area contributed by atoms with Crippen LogP contribution in [0.15, 0.2) is 36.4 Å². The lowest BCUT2D eigenvalue weighted by Gasteiger charge is -2.32. The highest BCUT2D eigenvalue weighted by molar-refractivity contribution is 5.85. The first kappa shape index (κ1) is 21.1. The molecule has 2 aromatic heterocycles. The van der Waals surface area contributed by atoms with Crippen LogP contribution >= 0.6 is 0 Å². The van der Waals surface area contributed by atoms with Gasteiger partial charge in [-0.15, -0.1) is 0 Å². The summed E-state index contributed by atoms with van der Waals surface area (Å²) in [7, 11) is 0. The Hall–Kier alpha value is -3.42. The Bertz CT molecular complexity index is 1170. The van der Waals surface area contributed by atoms with E-state index >= 15 is 0 Å². The predicted molar refractivity (Wildman–Crippen MR) is 132 cm³/mol. The number of nitrogens with one attached hydrogen (secondary N) is 2. The van der Waals surface area contributed by atoms with Crippen molar-refractivity contribution in [3.8, 4) is 11.3 Å². The maximum Gasteiger partial charge on any atom is 0.245 e. The van der Waals surface area contributed by atoms with Crippen molar-refractivity contribution in [3.63, 3.8) is 0 Å². The van der Waals surface area contributed by atoms with E-state index < -0.39 is 0 Å². The van der Waals surface area contributed by atoms with Gasteiger partial charge in [0.25, 0.3) is 0 Å². The number of aromatic amines is 1. The molecule has 2 aliphatic heterocycles. The third-order valence-corrected chi connectivity index (χ3v) is 7.29. The number of H-pyrrole nitrogens is 1. The lowest BCUT2D eigenvalue weighted by molar-refractivity contribution is -0.133. The highest BCUT2D eigenvalue weighted by Crippen LogP contribution is 2.33. The number of benzene rings is 1. The van der Waals surface area contributed by atoms with Crippen molar-refractivity contribution in [1.82, 2.24) is 25.1 Å². The highest BCUT2D eigenvalue weighted by Gasteiger charge is 2.36. The summed E-state index contributed by atoms with van der Waals surface area (Å²) >= 11 is 0. The maximum atomic E-state index is 13.3. The topological polar surface area (TPSA) is 90.0 Å². The molecule has 2 fully saturated rings. The summed E-state index contributed by atoms with van der Waals surface area (Å²) in [5.41, 5.74) is 4.32. The molecule has 34 heavy (non-hydrogen) atoms. The number of carbonyl (C=O) groups excluding carboxylic acids is 1. The largest absolute Gasteiger partial charge is 0.341 e. The molecule has 2 N–H and O–H groups in total. The number of anilines is 3. The Morgan fingerprint density at radius 3 is 2.68 bits per heavy atom. The first-order valence-corrected chi connectivity index (χ1v) is 12.6. The van der Waals surface area contributed by atoms with E-state index in [-0.39, 0.29) is 11.9 Å². The second-order valence-corrected chi connectivity index (χ2v) is 9.55. The first-order valence-electron chi connectivity index (χ1n) is 12.6. The van der Waals surface area contributed by atoms with Gasteiger partial charge in [-0.3, -0.25) is 9.89 Å². The van der Waals surface area contributed by atoms with Crippen molar-refractivity contribution in [2.75, 3.05) is 29.9 Å². The molecule has 0 saturated carbocycles. The molecular weight excluding hydrogens is 426 g/mol. The standard InChI is InChI=1S/C26H31N7O/c34-25(32-14-5-2-6-15-32)22-13-8-16-33(22)26-27-20-12-7-11-19(20)24(29-26)28-23-17-21(30-31-23)18-9-3-1-4-10-18/h1,3-4,9-10,17,22H,2,5-8,11-16H2,(H2,27,28,29,30,31)/t22-/m0/s1. The van der Waals surface area contributed by atoms with Crippen LogP contribution in [0.5, 0.6) is 0 Å². The Morgan fingerprint density at radius 1 is 0.971 bits per heavy atom. The Balaban J connectivity index is 1.27. The quantitative estimate of drug-likeness (QED) is 0.600. The molecule has 0 radical (unpaired) electrons. The SMILES string of the molecule is O=C([C@@H]1CCCN1c1nc2c(c(Nc3cc(-c4ccccc4)[nH]n3)n1)CCC2)N1CCCCC1. The van der Waals surface area contributed by atoms with Crippen LogP contribution in [0.25, 0.3) is 11.3 Å². The number of carbonyl (C=O) groups is 1. The van der Waals surface area contributed by atoms with Crippen LogP contribution in [0, 0.1) is 0 Å². The van der Waals surface area contributed by atoms with E-state index in [0.717, 1.165) is 93.2 Å². The Morgan fingerprint density at radius 2 is 1.82 bits per heavy atom. The van der Waals surface area contributed by atoms with Gasteiger partial charge in [0.15, 0.2) is 5.82 Å². The van der Waals surface area contributed by atoms with Crippen molar-refractivity contribution in [3.05, 3.63) is 47.7 Å². The van der Waals surface area contributed by atoms with Gasteiger partial charge in [-0.1, -0.05) is 30.3 Å². The number of hydrogen-bond acceptors (Lipinski definition) is 6. The Kier molecular flexibility index (Phi) is 5.65. The second kappa shape index (κ2) is 9.08. The number of piperidine rings is 1. The summed E-state index contributed by atoms with van der Waals surface area (Å²) in [5, 5.41) is 11.0. The van der Waals surface area contributed by atoms with Gasteiger partial charge in [0, 0.05) is 31.3 Å². The molecule has 1 amide bonds. The molecule has 0 spiro atoms. The van der Waals surface area contributed by atoms with Crippen LogP contribution in [-0.2, 0) is 17.6 Å². The molecule has 2 saturated heterocycles. The lowest BCUT2D eigenvalue weighted by Crippen LogP contribution is -2.48. The number of aryl methyl sites for hydroxylation is 1. The molecule has 3 aromatic rings. The summed E-state index contributed by atoms with van der Waals surface area (Å²) in [6, 6.07) is 12.0. The van der Waals surface area contributed by atoms with Crippen LogP contribution in [0.1, 0.15) is 49.8 Å². The monoisotopic (exact) mass is 457 g/mol. The smallest absolute Gasteiger partial charge is 0.245 e. The number of fused-ring (bicyclic) bond motifs is 1. The fourth-order valence-corrected chi connectivity index (χ4v) is 5.51. The fraction of sp³-hybridized carbons (Fsp3) is 0.462. The van der Waals surface area contributed by atoms with Gasteiger partial charge in [-0.05, 0) is 56.9 Å². The van der Waals surface area contributed by atoms with Crippen molar-refractivity contribution >= 4 is 23.5 Å². The lowest BCUT2D eigenvalue weighted by atomic mass is 10.1. The van der Waals surface area contributed by atoms with Crippen LogP contribution in [0.2, 0.25) is 0 Å². The summed E-state index contributed by atoms with van der Waals surface area (Å²) in [5.74, 6) is 2.48. The third-order valence-electron chi connectivity index (χ3n) is 7.29. The van der Waals surface area contributed by atoms with Crippen molar-refractivity contribution < 1.29 is 4.79 Å². The zero-order valence-electron chi connectivity index (χ0n) is 19.5. The zero-order chi connectivity index (χ0) is 22.9. The number of aromatic nitrogens is 4. The van der Waals surface area contributed by atoms with Gasteiger partial charge in [-0.25, -0.2) is 4.98 Å². The number of nitrogens with zero attached hydrogens (tertiary/aromatic N) is 5. The average Bonchev–Trinajstić information content (AvgIpc) is 3.65. The van der Waals surface area contributed by atoms with E-state index in [9.17, 15) is 4.79 Å². The van der Waals surface area contributed by atoms with Gasteiger partial charge in [0.05, 0.1) is 11.4 Å². The zero-order valence-corrected chi connectivity index (χ0v) is 19.5. The molecule has 4 heterocycles. The summed E-state index contributed by atoms with van der Waals surface area (Å²) in [4.78, 5) is 27.4. The van der Waals surface area contributed by atoms with E-state index in [1.165, 1.54) is 12.0 Å². The second-order valence-electron chi connectivity index (χ2n) is 9.55. The summed E-state index contributed by atoms with van der Waals surface area (Å²) in [6.07, 6.45) is 8.30. The molecule has 176 valence electrons. The van der Waals surface area contributed by atoms with Gasteiger partial charge >= 0.3 is 0 Å².